The third-order valence-electron chi connectivity index (χ3n) is 2.95. The Kier molecular flexibility index (Phi) is 5.75. The fourth-order valence-electron chi connectivity index (χ4n) is 1.74. The van der Waals surface area contributed by atoms with Crippen LogP contribution in [0, 0.1) is 0 Å². The molecule has 0 atom stereocenters. The molecule has 0 aliphatic heterocycles. The molecule has 1 rings (SSSR count). The van der Waals surface area contributed by atoms with Crippen LogP contribution in [-0.4, -0.2) is 37.4 Å². The predicted octanol–water partition coefficient (Wildman–Crippen LogP) is 1.58. The number of carbonyl (C=O) groups excluding carboxylic acids is 1. The van der Waals surface area contributed by atoms with E-state index >= 15 is 0 Å². The average Bonchev–Trinajstić information content (AvgIpc) is 2.39. The first-order valence-electron chi connectivity index (χ1n) is 6.14. The van der Waals surface area contributed by atoms with Crippen molar-refractivity contribution in [1.29, 1.82) is 0 Å². The van der Waals surface area contributed by atoms with Gasteiger partial charge in [0.05, 0.1) is 6.61 Å². The Balaban J connectivity index is 2.97. The molecule has 3 N–H and O–H groups in total. The van der Waals surface area contributed by atoms with Gasteiger partial charge in [0, 0.05) is 32.5 Å². The molecule has 0 unspecified atom stereocenters. The third-order valence-corrected chi connectivity index (χ3v) is 2.95. The van der Waals surface area contributed by atoms with Crippen LogP contribution in [0.2, 0.25) is 0 Å². The summed E-state index contributed by atoms with van der Waals surface area (Å²) in [5.74, 6) is 5.52. The number of hydrogen-bond acceptors (Lipinski definition) is 4. The number of rotatable bonds is 5. The lowest BCUT2D eigenvalue weighted by Crippen LogP contribution is -2.47. The summed E-state index contributed by atoms with van der Waals surface area (Å²) in [5, 5.41) is 5.34. The first-order chi connectivity index (χ1) is 9.01. The molecule has 0 aliphatic rings. The summed E-state index contributed by atoms with van der Waals surface area (Å²) >= 11 is 0. The molecule has 0 spiro atoms. The molecule has 2 amide bonds. The molecule has 1 aromatic rings. The van der Waals surface area contributed by atoms with Crippen LogP contribution in [0.1, 0.15) is 18.1 Å². The maximum absolute atomic E-state index is 12.0. The predicted molar refractivity (Wildman–Crippen MR) is 75.3 cm³/mol. The van der Waals surface area contributed by atoms with Crippen LogP contribution in [0.5, 0.6) is 0 Å². The van der Waals surface area contributed by atoms with E-state index in [-0.39, 0.29) is 6.03 Å². The molecule has 19 heavy (non-hydrogen) atoms. The average molecular weight is 266 g/mol. The first-order valence-corrected chi connectivity index (χ1v) is 6.14. The van der Waals surface area contributed by atoms with Crippen molar-refractivity contribution in [2.24, 2.45) is 5.84 Å². The highest BCUT2D eigenvalue weighted by Gasteiger charge is 2.14. The van der Waals surface area contributed by atoms with E-state index in [0.717, 1.165) is 23.2 Å². The molecule has 1 aromatic carbocycles. The highest BCUT2D eigenvalue weighted by atomic mass is 16.5. The van der Waals surface area contributed by atoms with Gasteiger partial charge in [0.2, 0.25) is 0 Å². The molecular weight excluding hydrogens is 244 g/mol. The maximum Gasteiger partial charge on any atom is 0.337 e. The van der Waals surface area contributed by atoms with Crippen molar-refractivity contribution in [3.8, 4) is 0 Å². The Labute approximate surface area is 114 Å². The number of hydrazine groups is 2. The summed E-state index contributed by atoms with van der Waals surface area (Å²) in [4.78, 5) is 12.0. The number of nitrogens with two attached hydrogens (primary N) is 1. The van der Waals surface area contributed by atoms with Crippen molar-refractivity contribution in [3.05, 3.63) is 29.3 Å². The van der Waals surface area contributed by atoms with E-state index in [0.29, 0.717) is 6.61 Å². The minimum Gasteiger partial charge on any atom is -0.380 e. The molecule has 0 saturated heterocycles. The fourth-order valence-corrected chi connectivity index (χ4v) is 1.74. The number of nitrogens with zero attached hydrogens (tertiary/aromatic N) is 2. The quantitative estimate of drug-likeness (QED) is 0.627. The Morgan fingerprint density at radius 2 is 2.11 bits per heavy atom. The van der Waals surface area contributed by atoms with Crippen molar-refractivity contribution in [2.45, 2.75) is 20.0 Å². The van der Waals surface area contributed by atoms with Gasteiger partial charge in [0.25, 0.3) is 0 Å². The van der Waals surface area contributed by atoms with Crippen molar-refractivity contribution >= 4 is 11.7 Å². The van der Waals surface area contributed by atoms with Crippen molar-refractivity contribution in [1.82, 2.24) is 10.1 Å². The number of ether oxygens (including phenoxy) is 1. The smallest absolute Gasteiger partial charge is 0.337 e. The highest BCUT2D eigenvalue weighted by molar-refractivity contribution is 5.89. The molecule has 0 fully saturated rings. The van der Waals surface area contributed by atoms with E-state index in [1.165, 1.54) is 10.1 Å². The molecule has 0 heterocycles. The summed E-state index contributed by atoms with van der Waals surface area (Å²) in [6.07, 6.45) is 0.884. The summed E-state index contributed by atoms with van der Waals surface area (Å²) in [6, 6.07) is 5.51. The number of amides is 2. The van der Waals surface area contributed by atoms with Crippen molar-refractivity contribution < 1.29 is 9.53 Å². The number of benzene rings is 1. The molecule has 106 valence electrons. The number of anilines is 1. The van der Waals surface area contributed by atoms with Crippen molar-refractivity contribution in [3.63, 3.8) is 0 Å². The summed E-state index contributed by atoms with van der Waals surface area (Å²) in [6.45, 7) is 2.53. The molecule has 6 heteroatoms. The molecule has 0 radical (unpaired) electrons. The van der Waals surface area contributed by atoms with Crippen LogP contribution in [0.15, 0.2) is 18.2 Å². The van der Waals surface area contributed by atoms with Gasteiger partial charge in [-0.15, -0.1) is 0 Å². The second-order valence-corrected chi connectivity index (χ2v) is 4.26. The zero-order chi connectivity index (χ0) is 14.4. The first kappa shape index (κ1) is 15.4. The highest BCUT2D eigenvalue weighted by Crippen LogP contribution is 2.22. The second kappa shape index (κ2) is 7.08. The number of urea groups is 1. The van der Waals surface area contributed by atoms with E-state index in [4.69, 9.17) is 10.6 Å². The number of carbonyl (C=O) groups is 1. The van der Waals surface area contributed by atoms with Crippen LogP contribution in [-0.2, 0) is 17.8 Å². The minimum atomic E-state index is -0.296. The molecule has 0 bridgehead atoms. The zero-order valence-electron chi connectivity index (χ0n) is 11.9. The number of methoxy groups -OCH3 is 1. The van der Waals surface area contributed by atoms with Crippen LogP contribution >= 0.6 is 0 Å². The van der Waals surface area contributed by atoms with Gasteiger partial charge in [-0.25, -0.2) is 9.80 Å². The van der Waals surface area contributed by atoms with Crippen LogP contribution in [0.3, 0.4) is 0 Å². The van der Waals surface area contributed by atoms with Crippen molar-refractivity contribution in [2.75, 3.05) is 26.5 Å². The lowest BCUT2D eigenvalue weighted by Gasteiger charge is -2.24. The van der Waals surface area contributed by atoms with Gasteiger partial charge >= 0.3 is 6.03 Å². The maximum atomic E-state index is 12.0. The Morgan fingerprint density at radius 1 is 1.42 bits per heavy atom. The largest absolute Gasteiger partial charge is 0.380 e. The van der Waals surface area contributed by atoms with E-state index < -0.39 is 0 Å². The third kappa shape index (κ3) is 3.92. The summed E-state index contributed by atoms with van der Waals surface area (Å²) in [5.41, 5.74) is 2.90. The van der Waals surface area contributed by atoms with E-state index in [9.17, 15) is 4.79 Å². The number of aryl methyl sites for hydroxylation is 1. The van der Waals surface area contributed by atoms with E-state index in [1.807, 2.05) is 18.2 Å². The standard InChI is InChI=1S/C13H22N4O2/c1-5-10-7-6-8-12(11(10)9-19-4)15-13(18)16(2)17(3)14/h6-8H,5,9,14H2,1-4H3,(H,15,18). The van der Waals surface area contributed by atoms with Crippen LogP contribution < -0.4 is 11.2 Å². The minimum absolute atomic E-state index is 0.296. The normalized spacial score (nSPS) is 10.6. The van der Waals surface area contributed by atoms with Gasteiger partial charge in [-0.05, 0) is 18.1 Å². The Bertz CT molecular complexity index is 435. The molecule has 0 aliphatic carbocycles. The Morgan fingerprint density at radius 3 is 2.63 bits per heavy atom. The SMILES string of the molecule is CCc1cccc(NC(=O)N(C)N(C)N)c1COC. The summed E-state index contributed by atoms with van der Waals surface area (Å²) < 4.78 is 5.20. The topological polar surface area (TPSA) is 70.8 Å². The van der Waals surface area contributed by atoms with Crippen LogP contribution in [0.4, 0.5) is 10.5 Å². The van der Waals surface area contributed by atoms with E-state index in [1.54, 1.807) is 21.2 Å². The monoisotopic (exact) mass is 266 g/mol. The lowest BCUT2D eigenvalue weighted by atomic mass is 10.0. The molecular formula is C13H22N4O2. The second-order valence-electron chi connectivity index (χ2n) is 4.26. The molecule has 0 saturated carbocycles. The van der Waals surface area contributed by atoms with Gasteiger partial charge in [0.1, 0.15) is 0 Å². The van der Waals surface area contributed by atoms with Gasteiger partial charge in [0.15, 0.2) is 0 Å². The number of nitrogens with one attached hydrogen (secondary N) is 1. The van der Waals surface area contributed by atoms with Gasteiger partial charge < -0.3 is 10.1 Å². The molecule has 6 nitrogen and oxygen atoms in total. The molecule has 0 aromatic heterocycles. The van der Waals surface area contributed by atoms with E-state index in [2.05, 4.69) is 12.2 Å². The number of hydrogen-bond donors (Lipinski definition) is 2. The van der Waals surface area contributed by atoms with Crippen LogP contribution in [0.25, 0.3) is 0 Å². The Hall–Kier alpha value is -1.63. The zero-order valence-corrected chi connectivity index (χ0v) is 11.9. The van der Waals surface area contributed by atoms with Gasteiger partial charge in [-0.3, -0.25) is 5.84 Å². The fraction of sp³-hybridized carbons (Fsp3) is 0.462. The summed E-state index contributed by atoms with van der Waals surface area (Å²) in [7, 11) is 4.82. The van der Waals surface area contributed by atoms with Gasteiger partial charge in [-0.1, -0.05) is 19.1 Å². The van der Waals surface area contributed by atoms with Gasteiger partial charge in [-0.2, -0.15) is 5.12 Å². The lowest BCUT2D eigenvalue weighted by molar-refractivity contribution is 0.0705.